The van der Waals surface area contributed by atoms with Crippen LogP contribution in [0, 0.1) is 11.3 Å². The van der Waals surface area contributed by atoms with E-state index in [0.717, 1.165) is 60.0 Å². The molecule has 1 aliphatic carbocycles. The van der Waals surface area contributed by atoms with Gasteiger partial charge in [-0.1, -0.05) is 42.2 Å². The van der Waals surface area contributed by atoms with Crippen molar-refractivity contribution < 1.29 is 4.79 Å². The zero-order chi connectivity index (χ0) is 20.8. The van der Waals surface area contributed by atoms with Crippen LogP contribution in [0.15, 0.2) is 30.3 Å². The first-order valence-electron chi connectivity index (χ1n) is 10.0. The Labute approximate surface area is 182 Å². The molecule has 0 bridgehead atoms. The lowest BCUT2D eigenvalue weighted by Crippen LogP contribution is -2.28. The molecule has 1 N–H and O–H groups in total. The highest BCUT2D eigenvalue weighted by Gasteiger charge is 2.26. The van der Waals surface area contributed by atoms with Gasteiger partial charge >= 0.3 is 0 Å². The minimum atomic E-state index is -0.145. The van der Waals surface area contributed by atoms with Crippen LogP contribution in [0.25, 0.3) is 5.69 Å². The summed E-state index contributed by atoms with van der Waals surface area (Å²) in [7, 11) is 0. The van der Waals surface area contributed by atoms with E-state index in [1.165, 1.54) is 11.8 Å². The van der Waals surface area contributed by atoms with Crippen LogP contribution >= 0.6 is 24.0 Å². The van der Waals surface area contributed by atoms with Crippen molar-refractivity contribution in [3.05, 3.63) is 47.2 Å². The normalized spacial score (nSPS) is 12.7. The van der Waals surface area contributed by atoms with E-state index in [2.05, 4.69) is 20.9 Å². The molecule has 152 valence electrons. The number of anilines is 1. The first kappa shape index (κ1) is 21.4. The number of nitrogens with one attached hydrogen (secondary N) is 1. The van der Waals surface area contributed by atoms with Gasteiger partial charge in [-0.25, -0.2) is 0 Å². The second kappa shape index (κ2) is 9.95. The van der Waals surface area contributed by atoms with Crippen LogP contribution in [0.1, 0.15) is 43.5 Å². The molecule has 0 fully saturated rings. The third-order valence-electron chi connectivity index (χ3n) is 5.20. The monoisotopic (exact) mass is 426 g/mol. The molecule has 1 amide bonds. The average Bonchev–Trinajstić information content (AvgIpc) is 3.06. The summed E-state index contributed by atoms with van der Waals surface area (Å²) in [5, 5.41) is 12.9. The quantitative estimate of drug-likeness (QED) is 0.688. The largest absolute Gasteiger partial charge is 0.358 e. The Hall–Kier alpha value is -2.30. The smallest absolute Gasteiger partial charge is 0.235 e. The lowest BCUT2D eigenvalue weighted by atomic mass is 9.95. The highest BCUT2D eigenvalue weighted by Crippen LogP contribution is 2.35. The molecule has 1 aromatic heterocycles. The standard InChI is InChI=1S/C22H26N4OS2/c1-3-25(4-2)22(28)29-15-20(27)24-21-18(14-23)17-12-8-9-13-19(17)26(21)16-10-6-5-7-11-16/h5-7,10-11H,3-4,8-9,12-13,15H2,1-2H3,(H,24,27). The molecule has 1 aromatic carbocycles. The van der Waals surface area contributed by atoms with Gasteiger partial charge in [0, 0.05) is 24.5 Å². The molecule has 3 rings (SSSR count). The lowest BCUT2D eigenvalue weighted by molar-refractivity contribution is -0.113. The van der Waals surface area contributed by atoms with Crippen LogP contribution in [0.2, 0.25) is 0 Å². The third kappa shape index (κ3) is 4.65. The number of para-hydroxylation sites is 1. The number of thioether (sulfide) groups is 1. The van der Waals surface area contributed by atoms with Crippen molar-refractivity contribution >= 4 is 40.0 Å². The van der Waals surface area contributed by atoms with Crippen LogP contribution in [0.5, 0.6) is 0 Å². The van der Waals surface area contributed by atoms with Crippen LogP contribution in [-0.4, -0.2) is 38.5 Å². The zero-order valence-corrected chi connectivity index (χ0v) is 18.5. The lowest BCUT2D eigenvalue weighted by Gasteiger charge is -2.20. The number of carbonyl (C=O) groups excluding carboxylic acids is 1. The molecule has 7 heteroatoms. The maximum Gasteiger partial charge on any atom is 0.235 e. The van der Waals surface area contributed by atoms with Crippen LogP contribution in [-0.2, 0) is 17.6 Å². The Morgan fingerprint density at radius 3 is 2.59 bits per heavy atom. The first-order valence-corrected chi connectivity index (χ1v) is 11.4. The Kier molecular flexibility index (Phi) is 7.34. The fraction of sp³-hybridized carbons (Fsp3) is 0.409. The number of aromatic nitrogens is 1. The summed E-state index contributed by atoms with van der Waals surface area (Å²) in [5.41, 5.74) is 3.77. The Morgan fingerprint density at radius 1 is 1.24 bits per heavy atom. The summed E-state index contributed by atoms with van der Waals surface area (Å²) in [6.07, 6.45) is 3.95. The minimum absolute atomic E-state index is 0.145. The maximum absolute atomic E-state index is 12.7. The number of fused-ring (bicyclic) bond motifs is 1. The van der Waals surface area contributed by atoms with Gasteiger partial charge in [-0.15, -0.1) is 0 Å². The molecule has 1 heterocycles. The topological polar surface area (TPSA) is 61.1 Å². The van der Waals surface area contributed by atoms with Gasteiger partial charge in [-0.2, -0.15) is 5.26 Å². The number of thiocarbonyl (C=S) groups is 1. The molecule has 0 atom stereocenters. The number of amides is 1. The number of hydrogen-bond donors (Lipinski definition) is 1. The summed E-state index contributed by atoms with van der Waals surface area (Å²) >= 11 is 6.79. The summed E-state index contributed by atoms with van der Waals surface area (Å²) in [6.45, 7) is 5.75. The highest BCUT2D eigenvalue weighted by molar-refractivity contribution is 8.23. The van der Waals surface area contributed by atoms with Gasteiger partial charge in [0.1, 0.15) is 16.2 Å². The van der Waals surface area contributed by atoms with E-state index in [9.17, 15) is 10.1 Å². The Balaban J connectivity index is 1.89. The van der Waals surface area contributed by atoms with Gasteiger partial charge in [-0.3, -0.25) is 9.36 Å². The number of hydrogen-bond acceptors (Lipinski definition) is 4. The number of nitriles is 1. The van der Waals surface area contributed by atoms with Crippen molar-refractivity contribution in [1.82, 2.24) is 9.47 Å². The van der Waals surface area contributed by atoms with Crippen LogP contribution in [0.3, 0.4) is 0 Å². The molecular weight excluding hydrogens is 400 g/mol. The van der Waals surface area contributed by atoms with Gasteiger partial charge in [0.2, 0.25) is 5.91 Å². The molecule has 2 aromatic rings. The minimum Gasteiger partial charge on any atom is -0.358 e. The fourth-order valence-electron chi connectivity index (χ4n) is 3.76. The van der Waals surface area contributed by atoms with Crippen molar-refractivity contribution in [2.24, 2.45) is 0 Å². The number of rotatable bonds is 6. The van der Waals surface area contributed by atoms with Gasteiger partial charge in [-0.05, 0) is 57.2 Å². The average molecular weight is 427 g/mol. The molecule has 0 saturated carbocycles. The van der Waals surface area contributed by atoms with Crippen molar-refractivity contribution in [3.63, 3.8) is 0 Å². The van der Waals surface area contributed by atoms with E-state index in [1.807, 2.05) is 44.2 Å². The molecule has 29 heavy (non-hydrogen) atoms. The molecule has 0 unspecified atom stereocenters. The molecule has 0 saturated heterocycles. The zero-order valence-electron chi connectivity index (χ0n) is 16.9. The predicted octanol–water partition coefficient (Wildman–Crippen LogP) is 4.53. The van der Waals surface area contributed by atoms with E-state index in [1.54, 1.807) is 0 Å². The summed E-state index contributed by atoms with van der Waals surface area (Å²) in [5.74, 6) is 0.670. The molecule has 0 radical (unpaired) electrons. The summed E-state index contributed by atoms with van der Waals surface area (Å²) < 4.78 is 2.78. The SMILES string of the molecule is CCN(CC)C(=S)SCC(=O)Nc1c(C#N)c2c(n1-c1ccccc1)CCCC2. The van der Waals surface area contributed by atoms with Gasteiger partial charge in [0.15, 0.2) is 0 Å². The van der Waals surface area contributed by atoms with E-state index in [4.69, 9.17) is 12.2 Å². The second-order valence-corrected chi connectivity index (χ2v) is 8.52. The third-order valence-corrected chi connectivity index (χ3v) is 6.73. The van der Waals surface area contributed by atoms with Crippen molar-refractivity contribution in [3.8, 4) is 11.8 Å². The number of benzene rings is 1. The predicted molar refractivity (Wildman–Crippen MR) is 124 cm³/mol. The Bertz CT molecular complexity index is 927. The molecule has 1 aliphatic rings. The Morgan fingerprint density at radius 2 is 1.93 bits per heavy atom. The van der Waals surface area contributed by atoms with Crippen molar-refractivity contribution in [2.45, 2.75) is 39.5 Å². The molecule has 5 nitrogen and oxygen atoms in total. The van der Waals surface area contributed by atoms with Gasteiger partial charge in [0.25, 0.3) is 0 Å². The fourth-order valence-corrected chi connectivity index (χ4v) is 4.97. The van der Waals surface area contributed by atoms with Crippen molar-refractivity contribution in [1.29, 1.82) is 5.26 Å². The second-order valence-electron chi connectivity index (χ2n) is 6.91. The highest BCUT2D eigenvalue weighted by atomic mass is 32.2. The molecule has 0 spiro atoms. The van der Waals surface area contributed by atoms with E-state index < -0.39 is 0 Å². The first-order chi connectivity index (χ1) is 14.1. The van der Waals surface area contributed by atoms with Crippen LogP contribution < -0.4 is 5.32 Å². The summed E-state index contributed by atoms with van der Waals surface area (Å²) in [6, 6.07) is 12.3. The summed E-state index contributed by atoms with van der Waals surface area (Å²) in [4.78, 5) is 14.8. The van der Waals surface area contributed by atoms with Crippen molar-refractivity contribution in [2.75, 3.05) is 24.2 Å². The van der Waals surface area contributed by atoms with E-state index in [0.29, 0.717) is 11.4 Å². The molecular formula is C22H26N4OS2. The van der Waals surface area contributed by atoms with E-state index >= 15 is 0 Å². The van der Waals surface area contributed by atoms with Gasteiger partial charge in [0.05, 0.1) is 11.3 Å². The number of nitrogens with zero attached hydrogens (tertiary/aromatic N) is 3. The van der Waals surface area contributed by atoms with E-state index in [-0.39, 0.29) is 11.7 Å². The maximum atomic E-state index is 12.7. The molecule has 0 aliphatic heterocycles. The number of carbonyl (C=O) groups is 1. The van der Waals surface area contributed by atoms with Gasteiger partial charge < -0.3 is 10.2 Å². The van der Waals surface area contributed by atoms with Crippen LogP contribution in [0.4, 0.5) is 5.82 Å².